The predicted molar refractivity (Wildman–Crippen MR) is 120 cm³/mol. The van der Waals surface area contributed by atoms with E-state index in [9.17, 15) is 27.9 Å². The number of ether oxygens (including phenoxy) is 2. The third kappa shape index (κ3) is 5.73. The Morgan fingerprint density at radius 1 is 1.15 bits per heavy atom. The van der Waals surface area contributed by atoms with Crippen molar-refractivity contribution in [2.24, 2.45) is 5.92 Å². The Morgan fingerprint density at radius 3 is 2.32 bits per heavy atom. The van der Waals surface area contributed by atoms with Gasteiger partial charge in [-0.1, -0.05) is 6.07 Å². The number of carbonyl (C=O) groups excluding carboxylic acids is 2. The summed E-state index contributed by atoms with van der Waals surface area (Å²) in [6, 6.07) is 6.37. The summed E-state index contributed by atoms with van der Waals surface area (Å²) in [5.41, 5.74) is 3.89. The molecule has 34 heavy (non-hydrogen) atoms. The van der Waals surface area contributed by atoms with Gasteiger partial charge in [-0.2, -0.15) is 13.2 Å². The third-order valence-corrected chi connectivity index (χ3v) is 5.18. The molecule has 0 aromatic heterocycles. The van der Waals surface area contributed by atoms with Gasteiger partial charge in [0.1, 0.15) is 29.3 Å². The first kappa shape index (κ1) is 25.2. The van der Waals surface area contributed by atoms with E-state index in [1.807, 2.05) is 0 Å². The standard InChI is InChI=1S/C24H27F3N2O5/c1-23(2,3)34-22(32)19-14(7-9-16(20(19)30)24(25,26)27)12-33-15-8-10-18(17(28)11-15)29(4)21(31)13-5-6-13/h7-11,13,30H,5-6,12,28H2,1-4H3. The third-order valence-electron chi connectivity index (χ3n) is 5.18. The molecule has 0 radical (unpaired) electrons. The summed E-state index contributed by atoms with van der Waals surface area (Å²) < 4.78 is 50.7. The Bertz CT molecular complexity index is 1110. The molecular weight excluding hydrogens is 453 g/mol. The maximum atomic E-state index is 13.3. The average Bonchev–Trinajstić information content (AvgIpc) is 3.54. The Hall–Kier alpha value is -3.43. The molecule has 3 rings (SSSR count). The molecule has 0 heterocycles. The summed E-state index contributed by atoms with van der Waals surface area (Å²) in [5, 5.41) is 10.3. The number of phenolic OH excluding ortho intramolecular Hbond substituents is 1. The van der Waals surface area contributed by atoms with Crippen molar-refractivity contribution in [1.29, 1.82) is 0 Å². The number of anilines is 2. The summed E-state index contributed by atoms with van der Waals surface area (Å²) >= 11 is 0. The van der Waals surface area contributed by atoms with Crippen LogP contribution in [-0.4, -0.2) is 29.6 Å². The molecule has 3 N–H and O–H groups in total. The normalized spacial score (nSPS) is 14.0. The summed E-state index contributed by atoms with van der Waals surface area (Å²) in [6.07, 6.45) is -3.16. The van der Waals surface area contributed by atoms with Crippen LogP contribution in [0.3, 0.4) is 0 Å². The van der Waals surface area contributed by atoms with Crippen molar-refractivity contribution in [1.82, 2.24) is 0 Å². The second kappa shape index (κ2) is 9.08. The van der Waals surface area contributed by atoms with Gasteiger partial charge in [-0.3, -0.25) is 4.79 Å². The van der Waals surface area contributed by atoms with Crippen LogP contribution in [0.5, 0.6) is 11.5 Å². The molecule has 0 spiro atoms. The molecule has 184 valence electrons. The van der Waals surface area contributed by atoms with Gasteiger partial charge in [-0.15, -0.1) is 0 Å². The van der Waals surface area contributed by atoms with Gasteiger partial charge < -0.3 is 25.2 Å². The van der Waals surface area contributed by atoms with E-state index in [0.717, 1.165) is 18.9 Å². The predicted octanol–water partition coefficient (Wildman–Crippen LogP) is 4.90. The van der Waals surface area contributed by atoms with Crippen molar-refractivity contribution < 1.29 is 37.3 Å². The number of halogens is 3. The van der Waals surface area contributed by atoms with Crippen LogP contribution in [0, 0.1) is 5.92 Å². The van der Waals surface area contributed by atoms with Crippen LogP contribution in [0.2, 0.25) is 0 Å². The van der Waals surface area contributed by atoms with E-state index in [0.29, 0.717) is 11.8 Å². The SMILES string of the molecule is CN(C(=O)C1CC1)c1ccc(OCc2ccc(C(F)(F)F)c(O)c2C(=O)OC(C)(C)C)cc1N. The first-order valence-electron chi connectivity index (χ1n) is 10.6. The van der Waals surface area contributed by atoms with Crippen molar-refractivity contribution in [3.63, 3.8) is 0 Å². The fraction of sp³-hybridized carbons (Fsp3) is 0.417. The minimum atomic E-state index is -4.87. The highest BCUT2D eigenvalue weighted by molar-refractivity contribution is 5.98. The summed E-state index contributed by atoms with van der Waals surface area (Å²) in [5.74, 6) is -2.08. The number of carbonyl (C=O) groups is 2. The second-order valence-corrected chi connectivity index (χ2v) is 9.18. The van der Waals surface area contributed by atoms with Crippen LogP contribution in [0.25, 0.3) is 0 Å². The molecule has 1 fully saturated rings. The zero-order chi connectivity index (χ0) is 25.4. The number of hydrogen-bond acceptors (Lipinski definition) is 6. The van der Waals surface area contributed by atoms with Crippen molar-refractivity contribution in [3.05, 3.63) is 47.0 Å². The minimum Gasteiger partial charge on any atom is -0.506 e. The van der Waals surface area contributed by atoms with Crippen molar-refractivity contribution in [2.45, 2.75) is 52.0 Å². The van der Waals surface area contributed by atoms with Crippen molar-refractivity contribution in [2.75, 3.05) is 17.7 Å². The number of rotatable bonds is 6. The van der Waals surface area contributed by atoms with Gasteiger partial charge >= 0.3 is 12.1 Å². The van der Waals surface area contributed by atoms with E-state index < -0.39 is 34.6 Å². The number of hydrogen-bond donors (Lipinski definition) is 2. The minimum absolute atomic E-state index is 0.00317. The number of alkyl halides is 3. The molecule has 1 aliphatic rings. The van der Waals surface area contributed by atoms with Gasteiger partial charge in [0.05, 0.1) is 16.9 Å². The number of esters is 1. The smallest absolute Gasteiger partial charge is 0.419 e. The van der Waals surface area contributed by atoms with Gasteiger partial charge in [0.15, 0.2) is 0 Å². The van der Waals surface area contributed by atoms with E-state index in [4.69, 9.17) is 15.2 Å². The highest BCUT2D eigenvalue weighted by Gasteiger charge is 2.37. The van der Waals surface area contributed by atoms with Gasteiger partial charge in [-0.05, 0) is 51.8 Å². The number of aromatic hydroxyl groups is 1. The van der Waals surface area contributed by atoms with Crippen molar-refractivity contribution in [3.8, 4) is 11.5 Å². The first-order valence-corrected chi connectivity index (χ1v) is 10.6. The molecule has 0 bridgehead atoms. The molecule has 0 aliphatic heterocycles. The van der Waals surface area contributed by atoms with Crippen molar-refractivity contribution >= 4 is 23.3 Å². The lowest BCUT2D eigenvalue weighted by Gasteiger charge is -2.22. The fourth-order valence-corrected chi connectivity index (χ4v) is 3.35. The maximum Gasteiger partial charge on any atom is 0.419 e. The van der Waals surface area contributed by atoms with Crippen LogP contribution in [0.15, 0.2) is 30.3 Å². The van der Waals surface area contributed by atoms with Crippen LogP contribution >= 0.6 is 0 Å². The summed E-state index contributed by atoms with van der Waals surface area (Å²) in [7, 11) is 1.63. The number of nitrogen functional groups attached to an aromatic ring is 1. The van der Waals surface area contributed by atoms with Gasteiger partial charge in [0.2, 0.25) is 5.91 Å². The number of amides is 1. The number of benzene rings is 2. The molecular formula is C24H27F3N2O5. The molecule has 10 heteroatoms. The first-order chi connectivity index (χ1) is 15.7. The van der Waals surface area contributed by atoms with Gasteiger partial charge in [0, 0.05) is 24.6 Å². The maximum absolute atomic E-state index is 13.3. The Morgan fingerprint density at radius 2 is 1.79 bits per heavy atom. The molecule has 2 aromatic rings. The van der Waals surface area contributed by atoms with E-state index >= 15 is 0 Å². The van der Waals surface area contributed by atoms with E-state index in [-0.39, 0.29) is 35.4 Å². The fourth-order valence-electron chi connectivity index (χ4n) is 3.35. The quantitative estimate of drug-likeness (QED) is 0.450. The molecule has 1 aliphatic carbocycles. The Labute approximate surface area is 195 Å². The molecule has 7 nitrogen and oxygen atoms in total. The van der Waals surface area contributed by atoms with Crippen LogP contribution < -0.4 is 15.4 Å². The molecule has 1 amide bonds. The van der Waals surface area contributed by atoms with Gasteiger partial charge in [0.25, 0.3) is 0 Å². The number of nitrogens with two attached hydrogens (primary N) is 1. The zero-order valence-corrected chi connectivity index (χ0v) is 19.3. The van der Waals surface area contributed by atoms with Gasteiger partial charge in [-0.25, -0.2) is 4.79 Å². The molecule has 0 unspecified atom stereocenters. The molecule has 2 aromatic carbocycles. The monoisotopic (exact) mass is 480 g/mol. The lowest BCUT2D eigenvalue weighted by molar-refractivity contribution is -0.138. The highest BCUT2D eigenvalue weighted by atomic mass is 19.4. The molecule has 1 saturated carbocycles. The average molecular weight is 480 g/mol. The van der Waals surface area contributed by atoms with E-state index in [1.54, 1.807) is 40.0 Å². The van der Waals surface area contributed by atoms with Crippen LogP contribution in [0.1, 0.15) is 55.1 Å². The Balaban J connectivity index is 1.86. The van der Waals surface area contributed by atoms with Crippen LogP contribution in [-0.2, 0) is 22.3 Å². The Kier molecular flexibility index (Phi) is 6.73. The lowest BCUT2D eigenvalue weighted by Crippen LogP contribution is -2.28. The summed E-state index contributed by atoms with van der Waals surface area (Å²) in [6.45, 7) is 4.33. The topological polar surface area (TPSA) is 102 Å². The highest BCUT2D eigenvalue weighted by Crippen LogP contribution is 2.40. The summed E-state index contributed by atoms with van der Waals surface area (Å²) in [4.78, 5) is 26.4. The molecule has 0 saturated heterocycles. The zero-order valence-electron chi connectivity index (χ0n) is 19.3. The molecule has 0 atom stereocenters. The number of phenols is 1. The van der Waals surface area contributed by atoms with Crippen LogP contribution in [0.4, 0.5) is 24.5 Å². The lowest BCUT2D eigenvalue weighted by atomic mass is 10.0. The van der Waals surface area contributed by atoms with E-state index in [1.165, 1.54) is 11.0 Å². The largest absolute Gasteiger partial charge is 0.506 e. The number of nitrogens with zero attached hydrogens (tertiary/aromatic N) is 1. The van der Waals surface area contributed by atoms with E-state index in [2.05, 4.69) is 0 Å². The second-order valence-electron chi connectivity index (χ2n) is 9.18.